The summed E-state index contributed by atoms with van der Waals surface area (Å²) in [6.07, 6.45) is 1.71. The first-order valence-electron chi connectivity index (χ1n) is 10.7. The average molecular weight is 424 g/mol. The van der Waals surface area contributed by atoms with Crippen LogP contribution in [-0.2, 0) is 6.54 Å². The van der Waals surface area contributed by atoms with E-state index in [0.29, 0.717) is 36.6 Å². The summed E-state index contributed by atoms with van der Waals surface area (Å²) < 4.78 is 11.4. The van der Waals surface area contributed by atoms with Gasteiger partial charge in [0.25, 0.3) is 0 Å². The Balaban J connectivity index is 1.51. The fourth-order valence-corrected chi connectivity index (χ4v) is 3.96. The number of Topliss-reactive ketones (excluding diaryl/α,β-unsaturated/α-hetero) is 1. The number of nitrogens with zero attached hydrogens (tertiary/aromatic N) is 2. The van der Waals surface area contributed by atoms with Gasteiger partial charge in [-0.05, 0) is 42.8 Å². The van der Waals surface area contributed by atoms with Crippen molar-refractivity contribution in [3.05, 3.63) is 58.8 Å². The second-order valence-electron chi connectivity index (χ2n) is 7.72. The number of aromatic hydroxyl groups is 1. The lowest BCUT2D eigenvalue weighted by atomic mass is 10.0. The van der Waals surface area contributed by atoms with Gasteiger partial charge in [-0.15, -0.1) is 0 Å². The van der Waals surface area contributed by atoms with E-state index in [2.05, 4.69) is 9.80 Å². The molecule has 2 aliphatic rings. The molecule has 0 saturated carbocycles. The Labute approximate surface area is 182 Å². The van der Waals surface area contributed by atoms with E-state index < -0.39 is 0 Å². The molecule has 1 fully saturated rings. The highest BCUT2D eigenvalue weighted by Crippen LogP contribution is 2.40. The quantitative estimate of drug-likeness (QED) is 0.661. The van der Waals surface area contributed by atoms with Crippen LogP contribution in [0.1, 0.15) is 28.4 Å². The number of aliphatic hydroxyl groups is 1. The van der Waals surface area contributed by atoms with E-state index in [-0.39, 0.29) is 23.9 Å². The Morgan fingerprint density at radius 3 is 2.45 bits per heavy atom. The van der Waals surface area contributed by atoms with Crippen LogP contribution in [0.5, 0.6) is 17.2 Å². The number of carbonyl (C=O) groups excluding carboxylic acids is 1. The van der Waals surface area contributed by atoms with Crippen molar-refractivity contribution in [3.63, 3.8) is 0 Å². The van der Waals surface area contributed by atoms with E-state index in [9.17, 15) is 9.90 Å². The van der Waals surface area contributed by atoms with Crippen LogP contribution in [0.2, 0.25) is 0 Å². The van der Waals surface area contributed by atoms with Crippen molar-refractivity contribution in [1.29, 1.82) is 0 Å². The van der Waals surface area contributed by atoms with Gasteiger partial charge in [0, 0.05) is 39.3 Å². The molecule has 0 amide bonds. The normalized spacial score (nSPS) is 18.3. The Morgan fingerprint density at radius 2 is 1.77 bits per heavy atom. The molecular weight excluding hydrogens is 396 g/mol. The predicted octanol–water partition coefficient (Wildman–Crippen LogP) is 2.52. The van der Waals surface area contributed by atoms with Crippen molar-refractivity contribution in [2.75, 3.05) is 45.9 Å². The number of phenols is 1. The second-order valence-corrected chi connectivity index (χ2v) is 7.72. The molecule has 0 unspecified atom stereocenters. The Bertz CT molecular complexity index is 963. The number of benzene rings is 2. The maximum Gasteiger partial charge on any atom is 0.231 e. The first kappa shape index (κ1) is 21.4. The second kappa shape index (κ2) is 9.51. The van der Waals surface area contributed by atoms with Crippen LogP contribution in [0.25, 0.3) is 6.08 Å². The SMILES string of the molecule is CCOc1ccc(/C=C2\Oc3c(ccc(O)c3CN3CCN(CCO)CC3)C2=O)cc1. The van der Waals surface area contributed by atoms with Crippen LogP contribution in [0.3, 0.4) is 0 Å². The Hall–Kier alpha value is -2.87. The van der Waals surface area contributed by atoms with Gasteiger partial charge in [0.2, 0.25) is 5.78 Å². The molecule has 31 heavy (non-hydrogen) atoms. The number of piperazine rings is 1. The van der Waals surface area contributed by atoms with Gasteiger partial charge in [-0.2, -0.15) is 0 Å². The standard InChI is InChI=1S/C24H28N2O5/c1-2-30-18-5-3-17(4-6-18)15-22-23(29)19-7-8-21(28)20(24(19)31-22)16-26-11-9-25(10-12-26)13-14-27/h3-8,15,27-28H,2,9-14,16H2,1H3/b22-15-. The Morgan fingerprint density at radius 1 is 1.06 bits per heavy atom. The number of hydrogen-bond donors (Lipinski definition) is 2. The number of hydrogen-bond acceptors (Lipinski definition) is 7. The first-order chi connectivity index (χ1) is 15.1. The lowest BCUT2D eigenvalue weighted by Crippen LogP contribution is -2.46. The van der Waals surface area contributed by atoms with Gasteiger partial charge in [0.15, 0.2) is 5.76 Å². The number of ketones is 1. The molecule has 0 radical (unpaired) electrons. The predicted molar refractivity (Wildman–Crippen MR) is 117 cm³/mol. The first-order valence-corrected chi connectivity index (χ1v) is 10.7. The molecule has 0 spiro atoms. The van der Waals surface area contributed by atoms with Gasteiger partial charge in [0.1, 0.15) is 17.2 Å². The summed E-state index contributed by atoms with van der Waals surface area (Å²) in [5.41, 5.74) is 1.95. The molecule has 1 saturated heterocycles. The molecule has 0 aromatic heterocycles. The molecule has 0 bridgehead atoms. The number of β-amino-alcohol motifs (C(OH)–C–C–N with tert-alkyl or cyclic N) is 1. The van der Waals surface area contributed by atoms with E-state index in [4.69, 9.17) is 14.6 Å². The number of aliphatic hydroxyl groups excluding tert-OH is 1. The van der Waals surface area contributed by atoms with Crippen molar-refractivity contribution in [1.82, 2.24) is 9.80 Å². The minimum absolute atomic E-state index is 0.131. The maximum absolute atomic E-state index is 12.9. The highest BCUT2D eigenvalue weighted by Gasteiger charge is 2.32. The summed E-state index contributed by atoms with van der Waals surface area (Å²) in [6, 6.07) is 10.7. The third kappa shape index (κ3) is 4.74. The van der Waals surface area contributed by atoms with E-state index in [1.165, 1.54) is 0 Å². The number of carbonyl (C=O) groups is 1. The summed E-state index contributed by atoms with van der Waals surface area (Å²) in [5.74, 6) is 1.42. The zero-order valence-electron chi connectivity index (χ0n) is 17.7. The monoisotopic (exact) mass is 424 g/mol. The largest absolute Gasteiger partial charge is 0.507 e. The minimum Gasteiger partial charge on any atom is -0.507 e. The number of rotatable bonds is 7. The summed E-state index contributed by atoms with van der Waals surface area (Å²) in [6.45, 7) is 7.24. The number of phenolic OH excluding ortho intramolecular Hbond substituents is 1. The van der Waals surface area contributed by atoms with Crippen LogP contribution in [-0.4, -0.2) is 71.7 Å². The van der Waals surface area contributed by atoms with Crippen LogP contribution in [0.15, 0.2) is 42.2 Å². The van der Waals surface area contributed by atoms with Crippen LogP contribution in [0.4, 0.5) is 0 Å². The van der Waals surface area contributed by atoms with Gasteiger partial charge < -0.3 is 19.7 Å². The zero-order valence-corrected chi connectivity index (χ0v) is 17.7. The average Bonchev–Trinajstić information content (AvgIpc) is 3.09. The molecule has 2 aromatic rings. The van der Waals surface area contributed by atoms with E-state index in [1.54, 1.807) is 18.2 Å². The molecule has 2 heterocycles. The van der Waals surface area contributed by atoms with E-state index in [0.717, 1.165) is 37.5 Å². The highest BCUT2D eigenvalue weighted by molar-refractivity contribution is 6.15. The van der Waals surface area contributed by atoms with Gasteiger partial charge in [-0.3, -0.25) is 14.6 Å². The van der Waals surface area contributed by atoms with Gasteiger partial charge in [0.05, 0.1) is 24.3 Å². The minimum atomic E-state index is -0.183. The maximum atomic E-state index is 12.9. The van der Waals surface area contributed by atoms with Crippen molar-refractivity contribution in [2.24, 2.45) is 0 Å². The molecule has 2 aromatic carbocycles. The molecule has 7 heteroatoms. The molecule has 2 N–H and O–H groups in total. The van der Waals surface area contributed by atoms with Gasteiger partial charge in [-0.1, -0.05) is 12.1 Å². The third-order valence-electron chi connectivity index (χ3n) is 5.67. The van der Waals surface area contributed by atoms with Crippen molar-refractivity contribution >= 4 is 11.9 Å². The molecule has 4 rings (SSSR count). The summed E-state index contributed by atoms with van der Waals surface area (Å²) in [4.78, 5) is 17.3. The van der Waals surface area contributed by atoms with Crippen molar-refractivity contribution in [2.45, 2.75) is 13.5 Å². The van der Waals surface area contributed by atoms with Gasteiger partial charge in [-0.25, -0.2) is 0 Å². The number of ether oxygens (including phenoxy) is 2. The van der Waals surface area contributed by atoms with Crippen LogP contribution < -0.4 is 9.47 Å². The summed E-state index contributed by atoms with van der Waals surface area (Å²) in [7, 11) is 0. The molecular formula is C24H28N2O5. The molecule has 7 nitrogen and oxygen atoms in total. The summed E-state index contributed by atoms with van der Waals surface area (Å²) >= 11 is 0. The van der Waals surface area contributed by atoms with Gasteiger partial charge >= 0.3 is 0 Å². The lowest BCUT2D eigenvalue weighted by molar-refractivity contribution is 0.101. The summed E-state index contributed by atoms with van der Waals surface area (Å²) in [5, 5.41) is 19.6. The molecule has 2 aliphatic heterocycles. The number of allylic oxidation sites excluding steroid dienone is 1. The Kier molecular flexibility index (Phi) is 6.56. The highest BCUT2D eigenvalue weighted by atomic mass is 16.5. The molecule has 0 atom stereocenters. The third-order valence-corrected chi connectivity index (χ3v) is 5.67. The van der Waals surface area contributed by atoms with Crippen molar-refractivity contribution in [3.8, 4) is 17.2 Å². The molecule has 164 valence electrons. The fourth-order valence-electron chi connectivity index (χ4n) is 3.96. The topological polar surface area (TPSA) is 82.5 Å². The van der Waals surface area contributed by atoms with E-state index in [1.807, 2.05) is 31.2 Å². The fraction of sp³-hybridized carbons (Fsp3) is 0.375. The van der Waals surface area contributed by atoms with Crippen molar-refractivity contribution < 1.29 is 24.5 Å². The van der Waals surface area contributed by atoms with Crippen LogP contribution >= 0.6 is 0 Å². The molecule has 0 aliphatic carbocycles. The van der Waals surface area contributed by atoms with E-state index >= 15 is 0 Å². The number of fused-ring (bicyclic) bond motifs is 1. The van der Waals surface area contributed by atoms with Crippen LogP contribution in [0, 0.1) is 0 Å². The smallest absolute Gasteiger partial charge is 0.231 e. The zero-order chi connectivity index (χ0) is 21.8. The lowest BCUT2D eigenvalue weighted by Gasteiger charge is -2.34.